The molecule has 3 N–H and O–H groups in total. The molecular weight excluding hydrogens is 382 g/mol. The van der Waals surface area contributed by atoms with Crippen molar-refractivity contribution >= 4 is 24.1 Å². The van der Waals surface area contributed by atoms with Gasteiger partial charge in [0.25, 0.3) is 5.91 Å². The summed E-state index contributed by atoms with van der Waals surface area (Å²) in [6, 6.07) is 7.81. The molecular formula is C24H40ClN3O. The average Bonchev–Trinajstić information content (AvgIpc) is 3.19. The number of benzene rings is 1. The highest BCUT2D eigenvalue weighted by molar-refractivity contribution is 5.98. The lowest BCUT2D eigenvalue weighted by Gasteiger charge is -2.23. The smallest absolute Gasteiger partial charge is 0.254 e. The molecule has 1 aromatic carbocycles. The molecule has 1 saturated heterocycles. The van der Waals surface area contributed by atoms with Crippen LogP contribution in [0.2, 0.25) is 0 Å². The van der Waals surface area contributed by atoms with Crippen molar-refractivity contribution in [2.45, 2.75) is 96.4 Å². The van der Waals surface area contributed by atoms with E-state index in [1.54, 1.807) is 4.90 Å². The fraction of sp³-hybridized carbons (Fsp3) is 0.667. The maximum Gasteiger partial charge on any atom is 0.254 e. The van der Waals surface area contributed by atoms with Crippen molar-refractivity contribution in [1.29, 1.82) is 5.41 Å². The van der Waals surface area contributed by atoms with Gasteiger partial charge in [0.15, 0.2) is 0 Å². The Morgan fingerprint density at radius 2 is 1.55 bits per heavy atom. The monoisotopic (exact) mass is 421 g/mol. The van der Waals surface area contributed by atoms with Crippen molar-refractivity contribution in [2.24, 2.45) is 5.73 Å². The molecule has 0 aliphatic carbocycles. The first-order chi connectivity index (χ1) is 13.6. The second kappa shape index (κ2) is 14.4. The zero-order valence-corrected chi connectivity index (χ0v) is 18.9. The summed E-state index contributed by atoms with van der Waals surface area (Å²) in [5, 5.41) is 7.67. The number of hydrogen-bond donors (Lipinski definition) is 2. The minimum Gasteiger partial charge on any atom is -0.386 e. The maximum absolute atomic E-state index is 12.7. The van der Waals surface area contributed by atoms with Gasteiger partial charge in [-0.1, -0.05) is 76.8 Å². The molecule has 4 nitrogen and oxygen atoms in total. The zero-order chi connectivity index (χ0) is 20.2. The molecule has 0 saturated carbocycles. The number of amidine groups is 1. The van der Waals surface area contributed by atoms with Crippen LogP contribution in [0.25, 0.3) is 0 Å². The van der Waals surface area contributed by atoms with Gasteiger partial charge in [-0.2, -0.15) is 0 Å². The maximum atomic E-state index is 12.7. The van der Waals surface area contributed by atoms with Gasteiger partial charge in [0.1, 0.15) is 5.84 Å². The van der Waals surface area contributed by atoms with E-state index in [9.17, 15) is 4.79 Å². The van der Waals surface area contributed by atoms with Gasteiger partial charge in [0.05, 0.1) is 6.04 Å². The molecule has 0 bridgehead atoms. The molecule has 164 valence electrons. The number of aryl methyl sites for hydroxylation is 1. The number of nitrogens with zero attached hydrogens (tertiary/aromatic N) is 1. The van der Waals surface area contributed by atoms with Crippen LogP contribution in [0, 0.1) is 5.41 Å². The molecule has 1 fully saturated rings. The van der Waals surface area contributed by atoms with Crippen LogP contribution in [0.5, 0.6) is 0 Å². The van der Waals surface area contributed by atoms with Gasteiger partial charge < -0.3 is 10.6 Å². The van der Waals surface area contributed by atoms with Crippen molar-refractivity contribution in [1.82, 2.24) is 4.90 Å². The standard InChI is InChI=1S/C24H39N3O.ClH/c1-2-3-4-5-6-7-8-9-10-11-13-20-15-17-21(18-16-20)24(28)27-19-12-14-22(27)23(25)26;/h15-18,22H,2-14,19H2,1H3,(H3,25,26);1H/t22-;/m0./s1. The van der Waals surface area contributed by atoms with Crippen LogP contribution in [0.3, 0.4) is 0 Å². The van der Waals surface area contributed by atoms with Crippen LogP contribution in [0.15, 0.2) is 24.3 Å². The fourth-order valence-corrected chi connectivity index (χ4v) is 4.13. The first-order valence-electron chi connectivity index (χ1n) is 11.4. The van der Waals surface area contributed by atoms with Crippen LogP contribution in [-0.2, 0) is 6.42 Å². The van der Waals surface area contributed by atoms with Gasteiger partial charge in [0, 0.05) is 12.1 Å². The van der Waals surface area contributed by atoms with Gasteiger partial charge >= 0.3 is 0 Å². The Morgan fingerprint density at radius 1 is 1.00 bits per heavy atom. The Labute approximate surface area is 183 Å². The number of carbonyl (C=O) groups is 1. The Kier molecular flexibility index (Phi) is 12.7. The van der Waals surface area contributed by atoms with Crippen molar-refractivity contribution < 1.29 is 4.79 Å². The fourth-order valence-electron chi connectivity index (χ4n) is 4.13. The summed E-state index contributed by atoms with van der Waals surface area (Å²) >= 11 is 0. The van der Waals surface area contributed by atoms with E-state index in [0.717, 1.165) is 19.3 Å². The number of carbonyl (C=O) groups excluding carboxylic acids is 1. The summed E-state index contributed by atoms with van der Waals surface area (Å²) in [6.07, 6.45) is 16.4. The average molecular weight is 422 g/mol. The van der Waals surface area contributed by atoms with E-state index in [-0.39, 0.29) is 30.2 Å². The molecule has 1 amide bonds. The summed E-state index contributed by atoms with van der Waals surface area (Å²) in [7, 11) is 0. The van der Waals surface area contributed by atoms with Crippen molar-refractivity contribution in [3.8, 4) is 0 Å². The lowest BCUT2D eigenvalue weighted by molar-refractivity contribution is 0.0769. The number of unbranched alkanes of at least 4 members (excludes halogenated alkanes) is 9. The summed E-state index contributed by atoms with van der Waals surface area (Å²) in [6.45, 7) is 2.96. The van der Waals surface area contributed by atoms with Crippen LogP contribution < -0.4 is 5.73 Å². The van der Waals surface area contributed by atoms with Gasteiger partial charge in [-0.25, -0.2) is 0 Å². The quantitative estimate of drug-likeness (QED) is 0.229. The molecule has 5 heteroatoms. The van der Waals surface area contributed by atoms with Gasteiger partial charge in [-0.05, 0) is 43.4 Å². The third-order valence-corrected chi connectivity index (χ3v) is 5.89. The Bertz CT molecular complexity index is 603. The lowest BCUT2D eigenvalue weighted by atomic mass is 10.0. The van der Waals surface area contributed by atoms with E-state index < -0.39 is 0 Å². The minimum absolute atomic E-state index is 0. The molecule has 1 aliphatic heterocycles. The normalized spacial score (nSPS) is 15.9. The summed E-state index contributed by atoms with van der Waals surface area (Å²) in [5.74, 6) is 0.103. The molecule has 0 radical (unpaired) electrons. The first kappa shape index (κ1) is 25.5. The molecule has 1 aliphatic rings. The van der Waals surface area contributed by atoms with Gasteiger partial charge in [-0.3, -0.25) is 10.2 Å². The number of hydrogen-bond acceptors (Lipinski definition) is 2. The second-order valence-electron chi connectivity index (χ2n) is 8.24. The summed E-state index contributed by atoms with van der Waals surface area (Å²) < 4.78 is 0. The van der Waals surface area contributed by atoms with E-state index in [0.29, 0.717) is 12.1 Å². The van der Waals surface area contributed by atoms with Gasteiger partial charge in [0.2, 0.25) is 0 Å². The zero-order valence-electron chi connectivity index (χ0n) is 18.1. The molecule has 0 aromatic heterocycles. The number of nitrogens with two attached hydrogens (primary N) is 1. The molecule has 0 unspecified atom stereocenters. The van der Waals surface area contributed by atoms with E-state index in [4.69, 9.17) is 11.1 Å². The first-order valence-corrected chi connectivity index (χ1v) is 11.4. The van der Waals surface area contributed by atoms with Crippen LogP contribution in [-0.4, -0.2) is 29.2 Å². The summed E-state index contributed by atoms with van der Waals surface area (Å²) in [5.41, 5.74) is 7.66. The Balaban J connectivity index is 0.00000420. The highest BCUT2D eigenvalue weighted by Gasteiger charge is 2.31. The predicted octanol–water partition coefficient (Wildman–Crippen LogP) is 6.11. The number of amides is 1. The van der Waals surface area contributed by atoms with E-state index in [1.165, 1.54) is 69.8 Å². The Hall–Kier alpha value is -1.55. The Morgan fingerprint density at radius 3 is 2.10 bits per heavy atom. The predicted molar refractivity (Wildman–Crippen MR) is 125 cm³/mol. The molecule has 0 spiro atoms. The summed E-state index contributed by atoms with van der Waals surface area (Å²) in [4.78, 5) is 14.4. The molecule has 1 aromatic rings. The SMILES string of the molecule is CCCCCCCCCCCCc1ccc(C(=O)N2CCC[C@H]2C(=N)N)cc1.Cl. The van der Waals surface area contributed by atoms with E-state index >= 15 is 0 Å². The third-order valence-electron chi connectivity index (χ3n) is 5.89. The highest BCUT2D eigenvalue weighted by Crippen LogP contribution is 2.20. The molecule has 1 atom stereocenters. The molecule has 2 rings (SSSR count). The third kappa shape index (κ3) is 8.77. The van der Waals surface area contributed by atoms with Crippen LogP contribution in [0.4, 0.5) is 0 Å². The topological polar surface area (TPSA) is 70.2 Å². The lowest BCUT2D eigenvalue weighted by Crippen LogP contribution is -2.43. The molecule has 29 heavy (non-hydrogen) atoms. The highest BCUT2D eigenvalue weighted by atomic mass is 35.5. The molecule has 1 heterocycles. The second-order valence-corrected chi connectivity index (χ2v) is 8.24. The van der Waals surface area contributed by atoms with Crippen molar-refractivity contribution in [3.63, 3.8) is 0 Å². The van der Waals surface area contributed by atoms with E-state index in [2.05, 4.69) is 19.1 Å². The largest absolute Gasteiger partial charge is 0.386 e. The van der Waals surface area contributed by atoms with Crippen LogP contribution in [0.1, 0.15) is 99.9 Å². The number of nitrogens with one attached hydrogen (secondary N) is 1. The number of halogens is 1. The minimum atomic E-state index is -0.223. The number of rotatable bonds is 13. The van der Waals surface area contributed by atoms with E-state index in [1.807, 2.05) is 12.1 Å². The number of likely N-dealkylation sites (tertiary alicyclic amines) is 1. The van der Waals surface area contributed by atoms with Crippen molar-refractivity contribution in [3.05, 3.63) is 35.4 Å². The van der Waals surface area contributed by atoms with Crippen LogP contribution >= 0.6 is 12.4 Å². The van der Waals surface area contributed by atoms with Crippen molar-refractivity contribution in [2.75, 3.05) is 6.54 Å². The van der Waals surface area contributed by atoms with Gasteiger partial charge in [-0.15, -0.1) is 12.4 Å².